The second kappa shape index (κ2) is 6.60. The predicted molar refractivity (Wildman–Crippen MR) is 52.3 cm³/mol. The van der Waals surface area contributed by atoms with Crippen LogP contribution in [-0.4, -0.2) is 39.9 Å². The molecule has 74 valence electrons. The molecule has 1 aromatic rings. The first kappa shape index (κ1) is 10.2. The Labute approximate surface area is 79.3 Å². The largest absolute Gasteiger partial charge is 0.304 e. The molecule has 0 aromatic carbocycles. The third kappa shape index (κ3) is 4.62. The van der Waals surface area contributed by atoms with Gasteiger partial charge in [-0.05, 0) is 32.5 Å². The lowest BCUT2D eigenvalue weighted by Crippen LogP contribution is -2.29. The molecule has 0 aliphatic carbocycles. The Kier molecular flexibility index (Phi) is 5.17. The van der Waals surface area contributed by atoms with Crippen LogP contribution in [-0.2, 0) is 0 Å². The Morgan fingerprint density at radius 1 is 1.31 bits per heavy atom. The summed E-state index contributed by atoms with van der Waals surface area (Å²) in [6.07, 6.45) is 7.54. The van der Waals surface area contributed by atoms with Crippen molar-refractivity contribution < 1.29 is 0 Å². The fourth-order valence-corrected chi connectivity index (χ4v) is 1.44. The topological polar surface area (TPSA) is 44.8 Å². The third-order valence-electron chi connectivity index (χ3n) is 2.23. The SMILES string of the molecule is CCN1CCCCC1.c1c[nH]nn1. The summed E-state index contributed by atoms with van der Waals surface area (Å²) in [5.74, 6) is 0. The molecule has 0 radical (unpaired) electrons. The highest BCUT2D eigenvalue weighted by Gasteiger charge is 2.05. The third-order valence-corrected chi connectivity index (χ3v) is 2.23. The first-order valence-electron chi connectivity index (χ1n) is 4.96. The van der Waals surface area contributed by atoms with Gasteiger partial charge in [0.25, 0.3) is 0 Å². The van der Waals surface area contributed by atoms with E-state index in [9.17, 15) is 0 Å². The zero-order chi connectivity index (χ0) is 9.36. The number of likely N-dealkylation sites (tertiary alicyclic amines) is 1. The maximum Gasteiger partial charge on any atom is 0.0690 e. The van der Waals surface area contributed by atoms with Gasteiger partial charge in [0.05, 0.1) is 6.20 Å². The molecule has 13 heavy (non-hydrogen) atoms. The molecule has 0 unspecified atom stereocenters. The number of nitrogens with zero attached hydrogens (tertiary/aromatic N) is 3. The van der Waals surface area contributed by atoms with Gasteiger partial charge in [-0.25, -0.2) is 0 Å². The molecule has 1 aromatic heterocycles. The molecule has 1 saturated heterocycles. The first-order valence-corrected chi connectivity index (χ1v) is 4.96. The summed E-state index contributed by atoms with van der Waals surface area (Å²) in [4.78, 5) is 2.52. The lowest BCUT2D eigenvalue weighted by Gasteiger charge is -2.24. The fraction of sp³-hybridized carbons (Fsp3) is 0.778. The molecule has 1 fully saturated rings. The number of aromatic amines is 1. The van der Waals surface area contributed by atoms with Crippen LogP contribution in [0.1, 0.15) is 26.2 Å². The van der Waals surface area contributed by atoms with E-state index >= 15 is 0 Å². The number of hydrogen-bond donors (Lipinski definition) is 1. The zero-order valence-electron chi connectivity index (χ0n) is 8.24. The molecule has 4 nitrogen and oxygen atoms in total. The average molecular weight is 182 g/mol. The molecular formula is C9H18N4. The number of aromatic nitrogens is 3. The molecular weight excluding hydrogens is 164 g/mol. The van der Waals surface area contributed by atoms with Crippen molar-refractivity contribution >= 4 is 0 Å². The van der Waals surface area contributed by atoms with Gasteiger partial charge >= 0.3 is 0 Å². The molecule has 0 spiro atoms. The minimum atomic E-state index is 1.25. The first-order chi connectivity index (χ1) is 6.43. The molecule has 0 saturated carbocycles. The maximum absolute atomic E-state index is 3.42. The van der Waals surface area contributed by atoms with Crippen molar-refractivity contribution in [2.24, 2.45) is 0 Å². The highest BCUT2D eigenvalue weighted by molar-refractivity contribution is 4.61. The van der Waals surface area contributed by atoms with Gasteiger partial charge in [0.15, 0.2) is 0 Å². The van der Waals surface area contributed by atoms with Gasteiger partial charge in [0, 0.05) is 6.20 Å². The zero-order valence-corrected chi connectivity index (χ0v) is 8.24. The van der Waals surface area contributed by atoms with E-state index in [2.05, 4.69) is 27.2 Å². The van der Waals surface area contributed by atoms with Crippen LogP contribution >= 0.6 is 0 Å². The molecule has 0 amide bonds. The van der Waals surface area contributed by atoms with Crippen LogP contribution < -0.4 is 0 Å². The standard InChI is InChI=1S/C7H15N.C2H3N3/c1-2-8-6-4-3-5-7-8;1-2-4-5-3-1/h2-7H2,1H3;1-2H,(H,3,4,5). The van der Waals surface area contributed by atoms with Gasteiger partial charge in [0.2, 0.25) is 0 Å². The van der Waals surface area contributed by atoms with Crippen molar-refractivity contribution in [3.05, 3.63) is 12.4 Å². The quantitative estimate of drug-likeness (QED) is 0.712. The van der Waals surface area contributed by atoms with Gasteiger partial charge < -0.3 is 4.90 Å². The Bertz CT molecular complexity index is 162. The fourth-order valence-electron chi connectivity index (χ4n) is 1.44. The van der Waals surface area contributed by atoms with Crippen LogP contribution in [0, 0.1) is 0 Å². The lowest BCUT2D eigenvalue weighted by atomic mass is 10.1. The molecule has 0 bridgehead atoms. The second-order valence-corrected chi connectivity index (χ2v) is 3.16. The smallest absolute Gasteiger partial charge is 0.0690 e. The summed E-state index contributed by atoms with van der Waals surface area (Å²) in [5, 5.41) is 9.26. The van der Waals surface area contributed by atoms with E-state index in [0.717, 1.165) is 0 Å². The monoisotopic (exact) mass is 182 g/mol. The second-order valence-electron chi connectivity index (χ2n) is 3.16. The summed E-state index contributed by atoms with van der Waals surface area (Å²) in [6, 6.07) is 0. The van der Waals surface area contributed by atoms with Crippen molar-refractivity contribution in [2.75, 3.05) is 19.6 Å². The Morgan fingerprint density at radius 3 is 2.38 bits per heavy atom. The van der Waals surface area contributed by atoms with E-state index in [-0.39, 0.29) is 0 Å². The van der Waals surface area contributed by atoms with Crippen LogP contribution in [0.2, 0.25) is 0 Å². The van der Waals surface area contributed by atoms with Gasteiger partial charge in [-0.2, -0.15) is 0 Å². The summed E-state index contributed by atoms with van der Waals surface area (Å²) in [7, 11) is 0. The Morgan fingerprint density at radius 2 is 2.08 bits per heavy atom. The number of nitrogens with one attached hydrogen (secondary N) is 1. The van der Waals surface area contributed by atoms with Crippen LogP contribution in [0.25, 0.3) is 0 Å². The van der Waals surface area contributed by atoms with Crippen molar-refractivity contribution in [1.82, 2.24) is 20.3 Å². The molecule has 1 aliphatic heterocycles. The lowest BCUT2D eigenvalue weighted by molar-refractivity contribution is 0.240. The van der Waals surface area contributed by atoms with E-state index in [4.69, 9.17) is 0 Å². The summed E-state index contributed by atoms with van der Waals surface area (Å²) < 4.78 is 0. The number of rotatable bonds is 1. The number of hydrogen-bond acceptors (Lipinski definition) is 3. The molecule has 2 rings (SSSR count). The predicted octanol–water partition coefficient (Wildman–Crippen LogP) is 1.30. The van der Waals surface area contributed by atoms with E-state index < -0.39 is 0 Å². The van der Waals surface area contributed by atoms with E-state index in [1.807, 2.05) is 0 Å². The Hall–Kier alpha value is -0.900. The number of piperidine rings is 1. The highest BCUT2D eigenvalue weighted by Crippen LogP contribution is 2.06. The molecule has 1 N–H and O–H groups in total. The van der Waals surface area contributed by atoms with Gasteiger partial charge in [0.1, 0.15) is 0 Å². The molecule has 1 aliphatic rings. The normalized spacial score (nSPS) is 17.6. The van der Waals surface area contributed by atoms with Crippen molar-refractivity contribution in [1.29, 1.82) is 0 Å². The minimum Gasteiger partial charge on any atom is -0.304 e. The summed E-state index contributed by atoms with van der Waals surface area (Å²) in [5.41, 5.74) is 0. The van der Waals surface area contributed by atoms with Crippen LogP contribution in [0.4, 0.5) is 0 Å². The number of H-pyrrole nitrogens is 1. The highest BCUT2D eigenvalue weighted by atomic mass is 15.3. The van der Waals surface area contributed by atoms with Crippen molar-refractivity contribution in [3.63, 3.8) is 0 Å². The van der Waals surface area contributed by atoms with E-state index in [1.54, 1.807) is 12.4 Å². The molecule has 2 heterocycles. The van der Waals surface area contributed by atoms with Crippen LogP contribution in [0.5, 0.6) is 0 Å². The van der Waals surface area contributed by atoms with Gasteiger partial charge in [-0.1, -0.05) is 18.6 Å². The average Bonchev–Trinajstić information content (AvgIpc) is 2.77. The maximum atomic E-state index is 3.42. The summed E-state index contributed by atoms with van der Waals surface area (Å²) in [6.45, 7) is 6.18. The Balaban J connectivity index is 0.000000145. The van der Waals surface area contributed by atoms with Gasteiger partial charge in [-0.3, -0.25) is 5.10 Å². The van der Waals surface area contributed by atoms with Crippen LogP contribution in [0.15, 0.2) is 12.4 Å². The van der Waals surface area contributed by atoms with Crippen molar-refractivity contribution in [2.45, 2.75) is 26.2 Å². The molecule has 0 atom stereocenters. The molecule has 4 heteroatoms. The van der Waals surface area contributed by atoms with Crippen LogP contribution in [0.3, 0.4) is 0 Å². The minimum absolute atomic E-state index is 1.25. The van der Waals surface area contributed by atoms with Gasteiger partial charge in [-0.15, -0.1) is 5.10 Å². The van der Waals surface area contributed by atoms with E-state index in [0.29, 0.717) is 0 Å². The summed E-state index contributed by atoms with van der Waals surface area (Å²) >= 11 is 0. The van der Waals surface area contributed by atoms with E-state index in [1.165, 1.54) is 38.9 Å². The van der Waals surface area contributed by atoms with Crippen molar-refractivity contribution in [3.8, 4) is 0 Å².